The largest absolute Gasteiger partial charge is 0.481 e. The third-order valence-electron chi connectivity index (χ3n) is 3.32. The number of amides is 1. The number of rotatable bonds is 5. The molecule has 1 atom stereocenters. The average Bonchev–Trinajstić information content (AvgIpc) is 3.13. The molecule has 1 N–H and O–H groups in total. The van der Waals surface area contributed by atoms with E-state index < -0.39 is 23.6 Å². The Morgan fingerprint density at radius 2 is 1.92 bits per heavy atom. The molecule has 9 heteroatoms. The number of aromatic nitrogens is 4. The van der Waals surface area contributed by atoms with Crippen molar-refractivity contribution in [2.75, 3.05) is 5.32 Å². The van der Waals surface area contributed by atoms with Crippen molar-refractivity contribution >= 4 is 11.6 Å². The number of hydrogen-bond donors (Lipinski definition) is 1. The van der Waals surface area contributed by atoms with E-state index in [0.29, 0.717) is 5.75 Å². The summed E-state index contributed by atoms with van der Waals surface area (Å²) in [4.78, 5) is 12.1. The van der Waals surface area contributed by atoms with Crippen LogP contribution in [0.15, 0.2) is 48.8 Å². The fraction of sp³-hybridized carbons (Fsp3) is 0.125. The summed E-state index contributed by atoms with van der Waals surface area (Å²) in [5, 5.41) is 13.3. The molecule has 0 aliphatic rings. The SMILES string of the molecule is C[C@H](Oc1ccc(-n2cnnn2)cc1)C(=O)Nc1ccc(F)c(F)c1. The second-order valence-electron chi connectivity index (χ2n) is 5.13. The Hall–Kier alpha value is -3.36. The number of halogens is 2. The second-order valence-corrected chi connectivity index (χ2v) is 5.13. The first-order valence-electron chi connectivity index (χ1n) is 7.29. The predicted molar refractivity (Wildman–Crippen MR) is 84.2 cm³/mol. The first-order valence-corrected chi connectivity index (χ1v) is 7.29. The number of carbonyl (C=O) groups excluding carboxylic acids is 1. The summed E-state index contributed by atoms with van der Waals surface area (Å²) < 4.78 is 33.1. The molecule has 25 heavy (non-hydrogen) atoms. The molecule has 1 heterocycles. The van der Waals surface area contributed by atoms with E-state index in [-0.39, 0.29) is 5.69 Å². The van der Waals surface area contributed by atoms with Gasteiger partial charge < -0.3 is 10.1 Å². The maximum atomic E-state index is 13.2. The quantitative estimate of drug-likeness (QED) is 0.768. The fourth-order valence-electron chi connectivity index (χ4n) is 2.03. The Morgan fingerprint density at radius 3 is 2.56 bits per heavy atom. The molecule has 0 aliphatic carbocycles. The van der Waals surface area contributed by atoms with Gasteiger partial charge in [-0.2, -0.15) is 0 Å². The highest BCUT2D eigenvalue weighted by molar-refractivity contribution is 5.94. The van der Waals surface area contributed by atoms with Gasteiger partial charge in [-0.15, -0.1) is 5.10 Å². The highest BCUT2D eigenvalue weighted by atomic mass is 19.2. The van der Waals surface area contributed by atoms with Crippen LogP contribution in [-0.2, 0) is 4.79 Å². The predicted octanol–water partition coefficient (Wildman–Crippen LogP) is 2.35. The van der Waals surface area contributed by atoms with Crippen LogP contribution in [0.2, 0.25) is 0 Å². The first kappa shape index (κ1) is 16.5. The average molecular weight is 345 g/mol. The van der Waals surface area contributed by atoms with Crippen LogP contribution in [0, 0.1) is 11.6 Å². The van der Waals surface area contributed by atoms with Crippen molar-refractivity contribution < 1.29 is 18.3 Å². The van der Waals surface area contributed by atoms with E-state index in [1.165, 1.54) is 17.1 Å². The van der Waals surface area contributed by atoms with Gasteiger partial charge in [0.25, 0.3) is 5.91 Å². The summed E-state index contributed by atoms with van der Waals surface area (Å²) in [5.41, 5.74) is 0.879. The van der Waals surface area contributed by atoms with E-state index in [1.807, 2.05) is 0 Å². The zero-order chi connectivity index (χ0) is 17.8. The Labute approximate surface area is 141 Å². The van der Waals surface area contributed by atoms with Gasteiger partial charge in [-0.3, -0.25) is 4.79 Å². The Balaban J connectivity index is 1.62. The zero-order valence-corrected chi connectivity index (χ0v) is 13.1. The molecule has 128 valence electrons. The van der Waals surface area contributed by atoms with E-state index in [9.17, 15) is 13.6 Å². The van der Waals surface area contributed by atoms with Crippen LogP contribution in [0.1, 0.15) is 6.92 Å². The van der Waals surface area contributed by atoms with Crippen molar-refractivity contribution in [1.29, 1.82) is 0 Å². The van der Waals surface area contributed by atoms with Crippen LogP contribution in [0.3, 0.4) is 0 Å². The third-order valence-corrected chi connectivity index (χ3v) is 3.32. The number of anilines is 1. The molecule has 0 radical (unpaired) electrons. The zero-order valence-electron chi connectivity index (χ0n) is 13.1. The van der Waals surface area contributed by atoms with Crippen LogP contribution < -0.4 is 10.1 Å². The van der Waals surface area contributed by atoms with Crippen molar-refractivity contribution in [3.05, 3.63) is 60.4 Å². The van der Waals surface area contributed by atoms with Gasteiger partial charge in [0, 0.05) is 11.8 Å². The number of nitrogens with zero attached hydrogens (tertiary/aromatic N) is 4. The van der Waals surface area contributed by atoms with E-state index in [0.717, 1.165) is 17.8 Å². The Bertz CT molecular complexity index is 869. The number of benzene rings is 2. The maximum Gasteiger partial charge on any atom is 0.265 e. The molecular weight excluding hydrogens is 332 g/mol. The van der Waals surface area contributed by atoms with Gasteiger partial charge in [0.15, 0.2) is 17.7 Å². The molecular formula is C16H13F2N5O2. The highest BCUT2D eigenvalue weighted by Gasteiger charge is 2.16. The van der Waals surface area contributed by atoms with Crippen LogP contribution in [0.25, 0.3) is 5.69 Å². The molecule has 0 bridgehead atoms. The number of nitrogens with one attached hydrogen (secondary N) is 1. The molecule has 1 amide bonds. The molecule has 0 saturated heterocycles. The summed E-state index contributed by atoms with van der Waals surface area (Å²) in [6, 6.07) is 9.90. The van der Waals surface area contributed by atoms with Crippen molar-refractivity contribution in [3.63, 3.8) is 0 Å². The van der Waals surface area contributed by atoms with Gasteiger partial charge in [0.2, 0.25) is 0 Å². The van der Waals surface area contributed by atoms with Crippen LogP contribution in [-0.4, -0.2) is 32.2 Å². The van der Waals surface area contributed by atoms with E-state index >= 15 is 0 Å². The van der Waals surface area contributed by atoms with Crippen LogP contribution >= 0.6 is 0 Å². The van der Waals surface area contributed by atoms with Gasteiger partial charge in [-0.25, -0.2) is 13.5 Å². The van der Waals surface area contributed by atoms with Crippen LogP contribution in [0.5, 0.6) is 5.75 Å². The normalized spacial score (nSPS) is 11.8. The van der Waals surface area contributed by atoms with Gasteiger partial charge in [0.1, 0.15) is 12.1 Å². The number of ether oxygens (including phenoxy) is 1. The highest BCUT2D eigenvalue weighted by Crippen LogP contribution is 2.17. The number of hydrogen-bond acceptors (Lipinski definition) is 5. The van der Waals surface area contributed by atoms with Crippen LogP contribution in [0.4, 0.5) is 14.5 Å². The summed E-state index contributed by atoms with van der Waals surface area (Å²) in [7, 11) is 0. The lowest BCUT2D eigenvalue weighted by atomic mass is 10.2. The van der Waals surface area contributed by atoms with Gasteiger partial charge >= 0.3 is 0 Å². The minimum atomic E-state index is -1.04. The minimum Gasteiger partial charge on any atom is -0.481 e. The summed E-state index contributed by atoms with van der Waals surface area (Å²) >= 11 is 0. The second kappa shape index (κ2) is 7.04. The third kappa shape index (κ3) is 3.94. The summed E-state index contributed by atoms with van der Waals surface area (Å²) in [6.07, 6.45) is 0.611. The van der Waals surface area contributed by atoms with Gasteiger partial charge in [-0.1, -0.05) is 0 Å². The lowest BCUT2D eigenvalue weighted by molar-refractivity contribution is -0.122. The number of carbonyl (C=O) groups is 1. The topological polar surface area (TPSA) is 81.9 Å². The van der Waals surface area contributed by atoms with E-state index in [1.54, 1.807) is 31.2 Å². The maximum absolute atomic E-state index is 13.2. The molecule has 3 rings (SSSR count). The van der Waals surface area contributed by atoms with Gasteiger partial charge in [0.05, 0.1) is 5.69 Å². The van der Waals surface area contributed by atoms with Gasteiger partial charge in [-0.05, 0) is 53.7 Å². The standard InChI is InChI=1S/C16H13F2N5O2/c1-10(16(24)20-11-2-7-14(17)15(18)8-11)25-13-5-3-12(4-6-13)23-9-19-21-22-23/h2-10H,1H3,(H,20,24)/t10-/m0/s1. The first-order chi connectivity index (χ1) is 12.0. The van der Waals surface area contributed by atoms with E-state index in [4.69, 9.17) is 4.74 Å². The fourth-order valence-corrected chi connectivity index (χ4v) is 2.03. The molecule has 1 aromatic heterocycles. The molecule has 0 fully saturated rings. The molecule has 0 aliphatic heterocycles. The molecule has 2 aromatic carbocycles. The minimum absolute atomic E-state index is 0.147. The van der Waals surface area contributed by atoms with E-state index in [2.05, 4.69) is 20.8 Å². The van der Waals surface area contributed by atoms with Crippen molar-refractivity contribution in [3.8, 4) is 11.4 Å². The lowest BCUT2D eigenvalue weighted by Crippen LogP contribution is -2.30. The lowest BCUT2D eigenvalue weighted by Gasteiger charge is -2.15. The smallest absolute Gasteiger partial charge is 0.265 e. The monoisotopic (exact) mass is 345 g/mol. The van der Waals surface area contributed by atoms with Crippen molar-refractivity contribution in [2.45, 2.75) is 13.0 Å². The molecule has 0 spiro atoms. The molecule has 0 saturated carbocycles. The van der Waals surface area contributed by atoms with Crippen molar-refractivity contribution in [2.24, 2.45) is 0 Å². The summed E-state index contributed by atoms with van der Waals surface area (Å²) in [5.74, 6) is -2.05. The Morgan fingerprint density at radius 1 is 1.16 bits per heavy atom. The molecule has 0 unspecified atom stereocenters. The van der Waals surface area contributed by atoms with Crippen molar-refractivity contribution in [1.82, 2.24) is 20.2 Å². The molecule has 3 aromatic rings. The molecule has 7 nitrogen and oxygen atoms in total. The summed E-state index contributed by atoms with van der Waals surface area (Å²) in [6.45, 7) is 1.55. The Kier molecular flexibility index (Phi) is 4.64. The number of tetrazole rings is 1.